The highest BCUT2D eigenvalue weighted by molar-refractivity contribution is 6.04. The smallest absolute Gasteiger partial charge is 0.346 e. The van der Waals surface area contributed by atoms with E-state index < -0.39 is 23.5 Å². The van der Waals surface area contributed by atoms with Crippen LogP contribution in [-0.4, -0.2) is 39.6 Å². The first kappa shape index (κ1) is 29.2. The Hall–Kier alpha value is -5.31. The molecule has 2 N–H and O–H groups in total. The summed E-state index contributed by atoms with van der Waals surface area (Å²) in [6, 6.07) is 9.73. The predicted molar refractivity (Wildman–Crippen MR) is 155 cm³/mol. The Labute approximate surface area is 245 Å². The number of anilines is 2. The molecule has 0 radical (unpaired) electrons. The van der Waals surface area contributed by atoms with E-state index >= 15 is 0 Å². The quantitative estimate of drug-likeness (QED) is 0.232. The van der Waals surface area contributed by atoms with Crippen LogP contribution < -0.4 is 15.6 Å². The molecular formula is C31H27F4N7O. The van der Waals surface area contributed by atoms with E-state index in [1.165, 1.54) is 33.8 Å². The van der Waals surface area contributed by atoms with E-state index in [-0.39, 0.29) is 29.0 Å². The van der Waals surface area contributed by atoms with Crippen LogP contribution in [0.3, 0.4) is 0 Å². The van der Waals surface area contributed by atoms with Crippen LogP contribution in [-0.2, 0) is 12.7 Å². The number of rotatable bonds is 5. The summed E-state index contributed by atoms with van der Waals surface area (Å²) in [6.07, 6.45) is 2.06. The van der Waals surface area contributed by atoms with Crippen molar-refractivity contribution in [3.63, 3.8) is 0 Å². The molecule has 0 bridgehead atoms. The van der Waals surface area contributed by atoms with Gasteiger partial charge in [-0.05, 0) is 67.0 Å². The lowest BCUT2D eigenvalue weighted by atomic mass is 10.0. The number of allylic oxidation sites excluding steroid dienone is 2. The van der Waals surface area contributed by atoms with E-state index in [2.05, 4.69) is 32.7 Å². The minimum absolute atomic E-state index is 0.000809. The molecule has 8 nitrogen and oxygen atoms in total. The number of hydrazine groups is 1. The van der Waals surface area contributed by atoms with Gasteiger partial charge in [0, 0.05) is 55.1 Å². The van der Waals surface area contributed by atoms with Crippen LogP contribution in [0, 0.1) is 24.6 Å². The highest BCUT2D eigenvalue weighted by atomic mass is 19.4. The van der Waals surface area contributed by atoms with Gasteiger partial charge in [-0.25, -0.2) is 8.91 Å². The minimum Gasteiger partial charge on any atom is -0.346 e. The number of aromatic nitrogens is 3. The SMILES string of the molecule is CC1=CNN(Cc2ccc(NC(=O)c3ccc(C)c(C#Cc4cc(F)c5nc(N(C)C)nn5c4)c3)cc2C(F)(F)F)C=C1. The Bertz CT molecular complexity index is 1840. The number of halogens is 4. The van der Waals surface area contributed by atoms with E-state index in [4.69, 9.17) is 0 Å². The molecule has 2 aromatic heterocycles. The van der Waals surface area contributed by atoms with Gasteiger partial charge >= 0.3 is 6.18 Å². The van der Waals surface area contributed by atoms with Gasteiger partial charge in [-0.3, -0.25) is 9.80 Å². The van der Waals surface area contributed by atoms with Crippen LogP contribution in [0.5, 0.6) is 0 Å². The molecule has 12 heteroatoms. The van der Waals surface area contributed by atoms with E-state index in [0.717, 1.165) is 17.2 Å². The molecule has 0 unspecified atom stereocenters. The first-order chi connectivity index (χ1) is 20.4. The number of carbonyl (C=O) groups is 1. The second kappa shape index (κ2) is 11.5. The Morgan fingerprint density at radius 3 is 2.58 bits per heavy atom. The standard InChI is InChI=1S/C31H27F4N7O/c1-19-11-12-41(36-16-19)18-24-9-10-25(15-26(24)31(33,34)35)37-29(43)23-7-5-20(2)22(14-23)8-6-21-13-27(32)28-38-30(40(3)4)39-42(28)17-21/h5,7,9-17,36H,18H2,1-4H3,(H,37,43). The zero-order valence-corrected chi connectivity index (χ0v) is 23.7. The van der Waals surface area contributed by atoms with Gasteiger partial charge in [-0.15, -0.1) is 5.10 Å². The summed E-state index contributed by atoms with van der Waals surface area (Å²) >= 11 is 0. The summed E-state index contributed by atoms with van der Waals surface area (Å²) in [4.78, 5) is 18.8. The molecule has 5 rings (SSSR count). The van der Waals surface area contributed by atoms with Gasteiger partial charge in [-0.1, -0.05) is 24.0 Å². The van der Waals surface area contributed by atoms with Gasteiger partial charge in [0.2, 0.25) is 5.95 Å². The molecule has 0 fully saturated rings. The zero-order chi connectivity index (χ0) is 30.9. The molecule has 2 aromatic carbocycles. The predicted octanol–water partition coefficient (Wildman–Crippen LogP) is 5.65. The fraction of sp³-hybridized carbons (Fsp3) is 0.194. The Morgan fingerprint density at radius 2 is 1.88 bits per heavy atom. The van der Waals surface area contributed by atoms with E-state index in [1.54, 1.807) is 62.7 Å². The van der Waals surface area contributed by atoms with Crippen molar-refractivity contribution in [3.05, 3.63) is 112 Å². The number of fused-ring (bicyclic) bond motifs is 1. The maximum absolute atomic E-state index is 14.6. The van der Waals surface area contributed by atoms with E-state index in [9.17, 15) is 22.4 Å². The molecule has 0 saturated heterocycles. The first-order valence-electron chi connectivity index (χ1n) is 13.1. The molecular weight excluding hydrogens is 562 g/mol. The van der Waals surface area contributed by atoms with Crippen molar-refractivity contribution in [2.45, 2.75) is 26.6 Å². The maximum atomic E-state index is 14.6. The van der Waals surface area contributed by atoms with E-state index in [0.29, 0.717) is 17.1 Å². The second-order valence-electron chi connectivity index (χ2n) is 10.2. The molecule has 1 aliphatic heterocycles. The van der Waals surface area contributed by atoms with Crippen LogP contribution in [0.25, 0.3) is 5.65 Å². The number of hydrogen-bond acceptors (Lipinski definition) is 6. The number of hydrogen-bond donors (Lipinski definition) is 2. The monoisotopic (exact) mass is 589 g/mol. The molecule has 0 saturated carbocycles. The summed E-state index contributed by atoms with van der Waals surface area (Å²) < 4.78 is 57.8. The lowest BCUT2D eigenvalue weighted by Gasteiger charge is -2.25. The van der Waals surface area contributed by atoms with Crippen molar-refractivity contribution in [1.82, 2.24) is 25.0 Å². The van der Waals surface area contributed by atoms with Crippen LogP contribution in [0.15, 0.2) is 72.7 Å². The molecule has 1 amide bonds. The Balaban J connectivity index is 1.36. The van der Waals surface area contributed by atoms with Crippen LogP contribution in [0.2, 0.25) is 0 Å². The summed E-state index contributed by atoms with van der Waals surface area (Å²) in [5, 5.41) is 8.32. The van der Waals surface area contributed by atoms with Gasteiger partial charge < -0.3 is 15.6 Å². The topological polar surface area (TPSA) is 77.8 Å². The summed E-state index contributed by atoms with van der Waals surface area (Å²) in [5.74, 6) is 5.00. The largest absolute Gasteiger partial charge is 0.416 e. The number of pyridine rings is 1. The average molecular weight is 590 g/mol. The average Bonchev–Trinajstić information content (AvgIpc) is 3.39. The van der Waals surface area contributed by atoms with Gasteiger partial charge in [0.1, 0.15) is 0 Å². The van der Waals surface area contributed by atoms with Gasteiger partial charge in [0.15, 0.2) is 11.5 Å². The third-order valence-electron chi connectivity index (χ3n) is 6.61. The van der Waals surface area contributed by atoms with Gasteiger partial charge in [0.05, 0.1) is 12.1 Å². The molecule has 0 aliphatic carbocycles. The number of alkyl halides is 3. The number of nitrogens with one attached hydrogen (secondary N) is 2. The molecule has 0 spiro atoms. The summed E-state index contributed by atoms with van der Waals surface area (Å²) in [5.41, 5.74) is 4.92. The maximum Gasteiger partial charge on any atom is 0.416 e. The molecule has 4 aromatic rings. The van der Waals surface area contributed by atoms with E-state index in [1.807, 2.05) is 6.92 Å². The molecule has 220 valence electrons. The Morgan fingerprint density at radius 1 is 1.09 bits per heavy atom. The second-order valence-corrected chi connectivity index (χ2v) is 10.2. The van der Waals surface area contributed by atoms with Crippen molar-refractivity contribution in [2.75, 3.05) is 24.3 Å². The van der Waals surface area contributed by atoms with Crippen molar-refractivity contribution in [1.29, 1.82) is 0 Å². The van der Waals surface area contributed by atoms with Crippen molar-refractivity contribution in [2.24, 2.45) is 0 Å². The van der Waals surface area contributed by atoms with Crippen molar-refractivity contribution < 1.29 is 22.4 Å². The fourth-order valence-corrected chi connectivity index (χ4v) is 4.25. The summed E-state index contributed by atoms with van der Waals surface area (Å²) in [6.45, 7) is 3.63. The van der Waals surface area contributed by atoms with Crippen LogP contribution in [0.4, 0.5) is 29.2 Å². The van der Waals surface area contributed by atoms with Crippen LogP contribution in [0.1, 0.15) is 45.1 Å². The number of aryl methyl sites for hydroxylation is 1. The lowest BCUT2D eigenvalue weighted by molar-refractivity contribution is -0.138. The third kappa shape index (κ3) is 6.62. The number of amides is 1. The number of nitrogens with zero attached hydrogens (tertiary/aromatic N) is 5. The summed E-state index contributed by atoms with van der Waals surface area (Å²) in [7, 11) is 3.49. The molecule has 3 heterocycles. The Kier molecular flexibility index (Phi) is 7.82. The lowest BCUT2D eigenvalue weighted by Crippen LogP contribution is -2.31. The first-order valence-corrected chi connectivity index (χ1v) is 13.1. The molecule has 1 aliphatic rings. The minimum atomic E-state index is -4.63. The van der Waals surface area contributed by atoms with Gasteiger partial charge in [-0.2, -0.15) is 18.2 Å². The fourth-order valence-electron chi connectivity index (χ4n) is 4.25. The van der Waals surface area contributed by atoms with Crippen LogP contribution >= 0.6 is 0 Å². The number of carbonyl (C=O) groups excluding carboxylic acids is 1. The number of benzene rings is 2. The zero-order valence-electron chi connectivity index (χ0n) is 23.7. The normalized spacial score (nSPS) is 12.8. The van der Waals surface area contributed by atoms with Gasteiger partial charge in [0.25, 0.3) is 5.91 Å². The molecule has 43 heavy (non-hydrogen) atoms. The highest BCUT2D eigenvalue weighted by Crippen LogP contribution is 2.34. The van der Waals surface area contributed by atoms with Crippen molar-refractivity contribution >= 4 is 23.2 Å². The third-order valence-corrected chi connectivity index (χ3v) is 6.61. The highest BCUT2D eigenvalue weighted by Gasteiger charge is 2.34. The van der Waals surface area contributed by atoms with Crippen molar-refractivity contribution in [3.8, 4) is 11.8 Å². The molecule has 0 atom stereocenters.